The van der Waals surface area contributed by atoms with Crippen molar-refractivity contribution in [1.29, 1.82) is 0 Å². The zero-order valence-electron chi connectivity index (χ0n) is 11.0. The van der Waals surface area contributed by atoms with Gasteiger partial charge in [-0.25, -0.2) is 0 Å². The van der Waals surface area contributed by atoms with Crippen LogP contribution in [0.5, 0.6) is 0 Å². The number of anilines is 1. The Kier molecular flexibility index (Phi) is 4.34. The number of hydrogen-bond acceptors (Lipinski definition) is 3. The van der Waals surface area contributed by atoms with Crippen molar-refractivity contribution in [2.24, 2.45) is 5.92 Å². The maximum absolute atomic E-state index is 13.5. The van der Waals surface area contributed by atoms with E-state index in [4.69, 9.17) is 0 Å². The molecule has 0 spiro atoms. The third-order valence-electron chi connectivity index (χ3n) is 3.68. The van der Waals surface area contributed by atoms with Crippen molar-refractivity contribution in [2.75, 3.05) is 5.32 Å². The highest BCUT2D eigenvalue weighted by Crippen LogP contribution is 2.39. The van der Waals surface area contributed by atoms with Crippen molar-refractivity contribution in [3.05, 3.63) is 34.1 Å². The van der Waals surface area contributed by atoms with Gasteiger partial charge in [-0.1, -0.05) is 12.8 Å². The summed E-state index contributed by atoms with van der Waals surface area (Å²) in [6.07, 6.45) is -2.76. The smallest absolute Gasteiger partial charge is 0.382 e. The van der Waals surface area contributed by atoms with Crippen LogP contribution in [0.1, 0.15) is 25.7 Å². The molecular weight excluding hydrogens is 292 g/mol. The Bertz CT molecular complexity index is 533. The number of alkyl halides is 3. The topological polar surface area (TPSA) is 55.2 Å². The zero-order valence-corrected chi connectivity index (χ0v) is 11.0. The number of benzene rings is 1. The fourth-order valence-corrected chi connectivity index (χ4v) is 2.65. The van der Waals surface area contributed by atoms with Gasteiger partial charge in [0.05, 0.1) is 10.8 Å². The third-order valence-corrected chi connectivity index (χ3v) is 3.68. The molecule has 0 bridgehead atoms. The normalized spacial score (nSPS) is 22.9. The van der Waals surface area contributed by atoms with E-state index in [0.717, 1.165) is 12.1 Å². The summed E-state index contributed by atoms with van der Waals surface area (Å²) in [4.78, 5) is 9.63. The number of nitro groups is 1. The standard InChI is InChI=1S/C13H14F4N2O2/c14-10-7-8(5-6-12(10)19(20)21)18-11-4-2-1-3-9(11)13(15,16)17/h5-7,9,11,18H,1-4H2. The molecule has 116 valence electrons. The first kappa shape index (κ1) is 15.5. The van der Waals surface area contributed by atoms with Gasteiger partial charge in [0.1, 0.15) is 0 Å². The Morgan fingerprint density at radius 3 is 2.48 bits per heavy atom. The first-order chi connectivity index (χ1) is 9.79. The number of rotatable bonds is 3. The SMILES string of the molecule is O=[N+]([O-])c1ccc(NC2CCCCC2C(F)(F)F)cc1F. The summed E-state index contributed by atoms with van der Waals surface area (Å²) < 4.78 is 52.3. The predicted molar refractivity (Wildman–Crippen MR) is 68.5 cm³/mol. The lowest BCUT2D eigenvalue weighted by molar-refractivity contribution is -0.387. The van der Waals surface area contributed by atoms with Crippen molar-refractivity contribution in [3.63, 3.8) is 0 Å². The summed E-state index contributed by atoms with van der Waals surface area (Å²) in [6.45, 7) is 0. The molecule has 1 aromatic rings. The maximum Gasteiger partial charge on any atom is 0.393 e. The molecule has 4 nitrogen and oxygen atoms in total. The lowest BCUT2D eigenvalue weighted by Gasteiger charge is -2.34. The van der Waals surface area contributed by atoms with E-state index in [2.05, 4.69) is 5.32 Å². The summed E-state index contributed by atoms with van der Waals surface area (Å²) in [5, 5.41) is 13.2. The highest BCUT2D eigenvalue weighted by molar-refractivity contribution is 5.50. The van der Waals surface area contributed by atoms with E-state index in [9.17, 15) is 27.7 Å². The molecule has 1 saturated carbocycles. The van der Waals surface area contributed by atoms with Gasteiger partial charge in [0.25, 0.3) is 0 Å². The van der Waals surface area contributed by atoms with Gasteiger partial charge >= 0.3 is 11.9 Å². The van der Waals surface area contributed by atoms with E-state index in [0.29, 0.717) is 19.3 Å². The minimum atomic E-state index is -4.31. The average Bonchev–Trinajstić information content (AvgIpc) is 2.37. The second kappa shape index (κ2) is 5.87. The molecule has 2 atom stereocenters. The van der Waals surface area contributed by atoms with Gasteiger partial charge < -0.3 is 5.32 Å². The van der Waals surface area contributed by atoms with Crippen LogP contribution in [0.4, 0.5) is 28.9 Å². The number of nitro benzene ring substituents is 1. The second-order valence-corrected chi connectivity index (χ2v) is 5.11. The summed E-state index contributed by atoms with van der Waals surface area (Å²) >= 11 is 0. The van der Waals surface area contributed by atoms with E-state index < -0.39 is 34.6 Å². The molecular formula is C13H14F4N2O2. The Morgan fingerprint density at radius 1 is 1.24 bits per heavy atom. The minimum absolute atomic E-state index is 0.0383. The lowest BCUT2D eigenvalue weighted by Crippen LogP contribution is -2.41. The molecule has 1 aliphatic carbocycles. The van der Waals surface area contributed by atoms with Crippen molar-refractivity contribution >= 4 is 11.4 Å². The van der Waals surface area contributed by atoms with Crippen molar-refractivity contribution < 1.29 is 22.5 Å². The maximum atomic E-state index is 13.5. The van der Waals surface area contributed by atoms with E-state index >= 15 is 0 Å². The number of nitrogens with zero attached hydrogens (tertiary/aromatic N) is 1. The van der Waals surface area contributed by atoms with Crippen LogP contribution in [0.25, 0.3) is 0 Å². The second-order valence-electron chi connectivity index (χ2n) is 5.11. The molecule has 2 rings (SSSR count). The molecule has 0 radical (unpaired) electrons. The third kappa shape index (κ3) is 3.62. The molecule has 0 saturated heterocycles. The fraction of sp³-hybridized carbons (Fsp3) is 0.538. The zero-order chi connectivity index (χ0) is 15.6. The van der Waals surface area contributed by atoms with Gasteiger partial charge in [-0.15, -0.1) is 0 Å². The summed E-state index contributed by atoms with van der Waals surface area (Å²) in [5.41, 5.74) is -0.573. The molecule has 1 aliphatic rings. The van der Waals surface area contributed by atoms with Gasteiger partial charge in [-0.2, -0.15) is 17.6 Å². The Labute approximate surface area is 118 Å². The highest BCUT2D eigenvalue weighted by atomic mass is 19.4. The summed E-state index contributed by atoms with van der Waals surface area (Å²) in [7, 11) is 0. The molecule has 0 heterocycles. The molecule has 1 fully saturated rings. The van der Waals surface area contributed by atoms with Crippen LogP contribution >= 0.6 is 0 Å². The van der Waals surface area contributed by atoms with Crippen LogP contribution in [-0.2, 0) is 0 Å². The predicted octanol–water partition coefficient (Wildman–Crippen LogP) is 4.27. The molecule has 21 heavy (non-hydrogen) atoms. The minimum Gasteiger partial charge on any atom is -0.382 e. The molecule has 1 N–H and O–H groups in total. The molecule has 0 aliphatic heterocycles. The Hall–Kier alpha value is -1.86. The molecule has 1 aromatic carbocycles. The Balaban J connectivity index is 2.16. The van der Waals surface area contributed by atoms with Gasteiger partial charge in [-0.05, 0) is 18.9 Å². The highest BCUT2D eigenvalue weighted by Gasteiger charge is 2.45. The van der Waals surface area contributed by atoms with Crippen LogP contribution < -0.4 is 5.32 Å². The van der Waals surface area contributed by atoms with Crippen molar-refractivity contribution in [2.45, 2.75) is 37.9 Å². The van der Waals surface area contributed by atoms with E-state index in [1.807, 2.05) is 0 Å². The quantitative estimate of drug-likeness (QED) is 0.515. The average molecular weight is 306 g/mol. The fourth-order valence-electron chi connectivity index (χ4n) is 2.65. The first-order valence-electron chi connectivity index (χ1n) is 6.56. The summed E-state index contributed by atoms with van der Waals surface area (Å²) in [5.74, 6) is -2.55. The van der Waals surface area contributed by atoms with Gasteiger partial charge in [0.15, 0.2) is 0 Å². The molecule has 0 aromatic heterocycles. The van der Waals surface area contributed by atoms with Crippen LogP contribution in [-0.4, -0.2) is 17.1 Å². The lowest BCUT2D eigenvalue weighted by atomic mass is 9.84. The van der Waals surface area contributed by atoms with E-state index in [-0.39, 0.29) is 12.1 Å². The number of hydrogen-bond donors (Lipinski definition) is 1. The van der Waals surface area contributed by atoms with Crippen LogP contribution in [0.15, 0.2) is 18.2 Å². The number of halogens is 4. The van der Waals surface area contributed by atoms with Crippen molar-refractivity contribution in [1.82, 2.24) is 0 Å². The van der Waals surface area contributed by atoms with Gasteiger partial charge in [0, 0.05) is 23.9 Å². The van der Waals surface area contributed by atoms with Gasteiger partial charge in [0.2, 0.25) is 5.82 Å². The molecule has 2 unspecified atom stereocenters. The largest absolute Gasteiger partial charge is 0.393 e. The van der Waals surface area contributed by atoms with E-state index in [1.54, 1.807) is 0 Å². The van der Waals surface area contributed by atoms with Crippen LogP contribution in [0.2, 0.25) is 0 Å². The van der Waals surface area contributed by atoms with Crippen LogP contribution in [0, 0.1) is 21.8 Å². The summed E-state index contributed by atoms with van der Waals surface area (Å²) in [6, 6.07) is 2.20. The molecule has 0 amide bonds. The monoisotopic (exact) mass is 306 g/mol. The van der Waals surface area contributed by atoms with Gasteiger partial charge in [-0.3, -0.25) is 10.1 Å². The first-order valence-corrected chi connectivity index (χ1v) is 6.56. The number of nitrogens with one attached hydrogen (secondary N) is 1. The van der Waals surface area contributed by atoms with Crippen LogP contribution in [0.3, 0.4) is 0 Å². The molecule has 8 heteroatoms. The van der Waals surface area contributed by atoms with Crippen molar-refractivity contribution in [3.8, 4) is 0 Å². The Morgan fingerprint density at radius 2 is 1.90 bits per heavy atom. The van der Waals surface area contributed by atoms with E-state index in [1.165, 1.54) is 6.07 Å².